The zero-order chi connectivity index (χ0) is 23.8. The normalized spacial score (nSPS) is 10.7. The van der Waals surface area contributed by atoms with Gasteiger partial charge in [-0.25, -0.2) is 15.0 Å². The Morgan fingerprint density at radius 1 is 1.21 bits per heavy atom. The average molecular weight is 451 g/mol. The third-order valence-corrected chi connectivity index (χ3v) is 4.78. The Labute approximate surface area is 197 Å². The zero-order valence-electron chi connectivity index (χ0n) is 18.5. The van der Waals surface area contributed by atoms with Crippen LogP contribution < -0.4 is 10.1 Å². The molecule has 2 heterocycles. The van der Waals surface area contributed by atoms with Crippen LogP contribution in [0.1, 0.15) is 16.8 Å². The van der Waals surface area contributed by atoms with Gasteiger partial charge >= 0.3 is 0 Å². The van der Waals surface area contributed by atoms with E-state index in [9.17, 15) is 0 Å². The SMILES string of the molecule is C#Cc1cc2cnc(Nc3cccc(CN(C)/C=N\C=N)c3)nc2cc1OCc1cnccn1. The van der Waals surface area contributed by atoms with Crippen LogP contribution in [0.2, 0.25) is 0 Å². The van der Waals surface area contributed by atoms with E-state index in [4.69, 9.17) is 16.6 Å². The van der Waals surface area contributed by atoms with Crippen molar-refractivity contribution in [3.8, 4) is 18.1 Å². The van der Waals surface area contributed by atoms with Crippen LogP contribution in [0.25, 0.3) is 10.9 Å². The third-order valence-electron chi connectivity index (χ3n) is 4.78. The van der Waals surface area contributed by atoms with E-state index in [1.165, 1.54) is 0 Å². The second-order valence-corrected chi connectivity index (χ2v) is 7.36. The second kappa shape index (κ2) is 10.7. The number of anilines is 2. The van der Waals surface area contributed by atoms with Gasteiger partial charge in [-0.3, -0.25) is 15.4 Å². The van der Waals surface area contributed by atoms with Crippen molar-refractivity contribution >= 4 is 35.2 Å². The number of fused-ring (bicyclic) bond motifs is 1. The first-order chi connectivity index (χ1) is 16.6. The predicted molar refractivity (Wildman–Crippen MR) is 132 cm³/mol. The van der Waals surface area contributed by atoms with Gasteiger partial charge in [0.2, 0.25) is 5.95 Å². The van der Waals surface area contributed by atoms with Gasteiger partial charge in [0.1, 0.15) is 18.7 Å². The average Bonchev–Trinajstić information content (AvgIpc) is 2.86. The summed E-state index contributed by atoms with van der Waals surface area (Å²) in [5, 5.41) is 11.1. The number of aliphatic imine (C=N–C) groups is 1. The lowest BCUT2D eigenvalue weighted by Crippen LogP contribution is -2.15. The van der Waals surface area contributed by atoms with Crippen LogP contribution >= 0.6 is 0 Å². The van der Waals surface area contributed by atoms with Crippen molar-refractivity contribution in [2.75, 3.05) is 12.4 Å². The molecule has 4 rings (SSSR count). The number of nitrogens with zero attached hydrogens (tertiary/aromatic N) is 6. The second-order valence-electron chi connectivity index (χ2n) is 7.36. The lowest BCUT2D eigenvalue weighted by molar-refractivity contribution is 0.300. The number of hydrogen-bond acceptors (Lipinski definition) is 7. The highest BCUT2D eigenvalue weighted by molar-refractivity contribution is 5.83. The molecule has 9 nitrogen and oxygen atoms in total. The highest BCUT2D eigenvalue weighted by Crippen LogP contribution is 2.26. The van der Waals surface area contributed by atoms with Gasteiger partial charge in [-0.1, -0.05) is 18.1 Å². The molecular formula is C25H22N8O. The summed E-state index contributed by atoms with van der Waals surface area (Å²) in [5.74, 6) is 3.65. The van der Waals surface area contributed by atoms with Crippen LogP contribution in [-0.4, -0.2) is 44.6 Å². The standard InChI is InChI=1S/C25H22N8O/c1-3-19-10-20-12-30-25(31-21-6-4-5-18(9-21)14-33(2)17-28-16-26)32-23(20)11-24(19)34-15-22-13-27-7-8-29-22/h1,4-13,16-17,26H,14-15H2,2H3,(H,30,31,32)/b26-16?,28-17-. The maximum atomic E-state index is 6.99. The molecule has 2 aromatic carbocycles. The molecule has 2 aromatic heterocycles. The Morgan fingerprint density at radius 2 is 2.12 bits per heavy atom. The zero-order valence-corrected chi connectivity index (χ0v) is 18.5. The minimum Gasteiger partial charge on any atom is -0.486 e. The topological polar surface area (TPSA) is 112 Å². The van der Waals surface area contributed by atoms with Crippen molar-refractivity contribution in [3.05, 3.63) is 78.0 Å². The number of ether oxygens (including phenoxy) is 1. The van der Waals surface area contributed by atoms with E-state index < -0.39 is 0 Å². The Morgan fingerprint density at radius 3 is 2.91 bits per heavy atom. The van der Waals surface area contributed by atoms with Gasteiger partial charge in [0.25, 0.3) is 0 Å². The monoisotopic (exact) mass is 450 g/mol. The maximum absolute atomic E-state index is 6.99. The summed E-state index contributed by atoms with van der Waals surface area (Å²) in [6.07, 6.45) is 14.9. The van der Waals surface area contributed by atoms with Gasteiger partial charge in [0.05, 0.1) is 29.3 Å². The molecule has 9 heteroatoms. The summed E-state index contributed by atoms with van der Waals surface area (Å²) in [5.41, 5.74) is 3.94. The van der Waals surface area contributed by atoms with Crippen molar-refractivity contribution in [1.82, 2.24) is 24.8 Å². The lowest BCUT2D eigenvalue weighted by atomic mass is 10.1. The van der Waals surface area contributed by atoms with Crippen LogP contribution in [0.5, 0.6) is 5.75 Å². The molecule has 168 valence electrons. The molecule has 0 atom stereocenters. The molecule has 2 N–H and O–H groups in total. The minimum atomic E-state index is 0.246. The van der Waals surface area contributed by atoms with E-state index in [0.717, 1.165) is 23.0 Å². The van der Waals surface area contributed by atoms with Crippen molar-refractivity contribution in [2.45, 2.75) is 13.2 Å². The fourth-order valence-corrected chi connectivity index (χ4v) is 3.26. The minimum absolute atomic E-state index is 0.246. The Bertz CT molecular complexity index is 1360. The van der Waals surface area contributed by atoms with E-state index in [0.29, 0.717) is 35.0 Å². The fraction of sp³-hybridized carbons (Fsp3) is 0.120. The Hall–Kier alpha value is -4.84. The first-order valence-electron chi connectivity index (χ1n) is 10.4. The van der Waals surface area contributed by atoms with E-state index in [1.807, 2.05) is 48.3 Å². The van der Waals surface area contributed by atoms with Gasteiger partial charge in [0, 0.05) is 49.3 Å². The fourth-order valence-electron chi connectivity index (χ4n) is 3.26. The largest absolute Gasteiger partial charge is 0.486 e. The molecule has 0 aliphatic heterocycles. The van der Waals surface area contributed by atoms with Gasteiger partial charge in [-0.2, -0.15) is 0 Å². The van der Waals surface area contributed by atoms with Crippen LogP contribution in [-0.2, 0) is 13.2 Å². The highest BCUT2D eigenvalue weighted by Gasteiger charge is 2.09. The Kier molecular flexibility index (Phi) is 7.00. The number of hydrogen-bond donors (Lipinski definition) is 2. The van der Waals surface area contributed by atoms with E-state index >= 15 is 0 Å². The van der Waals surface area contributed by atoms with Crippen molar-refractivity contribution in [1.29, 1.82) is 5.41 Å². The third kappa shape index (κ3) is 5.69. The van der Waals surface area contributed by atoms with Crippen LogP contribution in [0.3, 0.4) is 0 Å². The summed E-state index contributed by atoms with van der Waals surface area (Å²) in [6, 6.07) is 11.6. The highest BCUT2D eigenvalue weighted by atomic mass is 16.5. The molecule has 0 aliphatic rings. The molecule has 0 saturated heterocycles. The number of terminal acetylenes is 1. The van der Waals surface area contributed by atoms with Crippen LogP contribution in [0, 0.1) is 17.8 Å². The van der Waals surface area contributed by atoms with Crippen LogP contribution in [0.15, 0.2) is 66.2 Å². The van der Waals surface area contributed by atoms with Gasteiger partial charge in [-0.15, -0.1) is 6.42 Å². The van der Waals surface area contributed by atoms with E-state index in [2.05, 4.69) is 36.2 Å². The molecule has 0 radical (unpaired) electrons. The molecule has 34 heavy (non-hydrogen) atoms. The van der Waals surface area contributed by atoms with Crippen molar-refractivity contribution in [2.24, 2.45) is 4.99 Å². The number of nitrogens with one attached hydrogen (secondary N) is 2. The Balaban J connectivity index is 1.53. The summed E-state index contributed by atoms with van der Waals surface area (Å²) in [4.78, 5) is 23.0. The first kappa shape index (κ1) is 22.4. The molecule has 0 bridgehead atoms. The number of benzene rings is 2. The van der Waals surface area contributed by atoms with E-state index in [1.54, 1.807) is 31.1 Å². The molecule has 0 unspecified atom stereocenters. The van der Waals surface area contributed by atoms with Crippen LogP contribution in [0.4, 0.5) is 11.6 Å². The number of aromatic nitrogens is 4. The molecular weight excluding hydrogens is 428 g/mol. The summed E-state index contributed by atoms with van der Waals surface area (Å²) >= 11 is 0. The molecule has 0 spiro atoms. The molecule has 0 aliphatic carbocycles. The summed E-state index contributed by atoms with van der Waals surface area (Å²) < 4.78 is 5.91. The molecule has 4 aromatic rings. The smallest absolute Gasteiger partial charge is 0.227 e. The van der Waals surface area contributed by atoms with E-state index in [-0.39, 0.29) is 6.61 Å². The molecule has 0 fully saturated rings. The van der Waals surface area contributed by atoms with Crippen molar-refractivity contribution in [3.63, 3.8) is 0 Å². The quantitative estimate of drug-likeness (QED) is 0.227. The van der Waals surface area contributed by atoms with Gasteiger partial charge < -0.3 is 15.0 Å². The van der Waals surface area contributed by atoms with Gasteiger partial charge in [-0.05, 0) is 23.8 Å². The summed E-state index contributed by atoms with van der Waals surface area (Å²) in [6.45, 7) is 0.892. The first-order valence-corrected chi connectivity index (χ1v) is 10.4. The van der Waals surface area contributed by atoms with Gasteiger partial charge in [0.15, 0.2) is 0 Å². The number of rotatable bonds is 9. The molecule has 0 amide bonds. The lowest BCUT2D eigenvalue weighted by Gasteiger charge is -2.14. The maximum Gasteiger partial charge on any atom is 0.227 e. The van der Waals surface area contributed by atoms with Crippen molar-refractivity contribution < 1.29 is 4.74 Å². The molecule has 0 saturated carbocycles. The summed E-state index contributed by atoms with van der Waals surface area (Å²) in [7, 11) is 1.90. The predicted octanol–water partition coefficient (Wildman–Crippen LogP) is 3.79.